The van der Waals surface area contributed by atoms with Crippen LogP contribution in [0.4, 0.5) is 24.8 Å². The van der Waals surface area contributed by atoms with Crippen molar-refractivity contribution in [3.8, 4) is 0 Å². The summed E-state index contributed by atoms with van der Waals surface area (Å²) in [5.74, 6) is 1.68. The molecule has 1 saturated carbocycles. The Morgan fingerprint density at radius 2 is 1.97 bits per heavy atom. The van der Waals surface area contributed by atoms with E-state index in [1.54, 1.807) is 24.4 Å². The molecule has 3 aromatic rings. The molecule has 3 heterocycles. The van der Waals surface area contributed by atoms with Gasteiger partial charge in [-0.1, -0.05) is 0 Å². The highest BCUT2D eigenvalue weighted by Gasteiger charge is 2.26. The zero-order valence-corrected chi connectivity index (χ0v) is 15.7. The number of halogens is 3. The van der Waals surface area contributed by atoms with E-state index in [0.717, 1.165) is 30.8 Å². The van der Waals surface area contributed by atoms with Gasteiger partial charge in [0.05, 0.1) is 17.2 Å². The third kappa shape index (κ3) is 4.88. The summed E-state index contributed by atoms with van der Waals surface area (Å²) in [7, 11) is 0. The lowest BCUT2D eigenvalue weighted by Gasteiger charge is -2.09. The number of aromatic nitrogens is 4. The molecule has 0 aliphatic heterocycles. The summed E-state index contributed by atoms with van der Waals surface area (Å²) in [6, 6.07) is 7.17. The summed E-state index contributed by atoms with van der Waals surface area (Å²) < 4.78 is 37.0. The van der Waals surface area contributed by atoms with E-state index >= 15 is 0 Å². The number of alkyl halides is 3. The topological polar surface area (TPSA) is 99.5 Å². The number of pyridine rings is 2. The maximum absolute atomic E-state index is 12.3. The van der Waals surface area contributed by atoms with Gasteiger partial charge in [0.1, 0.15) is 12.4 Å². The Balaban J connectivity index is 1.56. The fourth-order valence-corrected chi connectivity index (χ4v) is 2.93. The van der Waals surface area contributed by atoms with Crippen LogP contribution in [0.1, 0.15) is 29.9 Å². The fraction of sp³-hybridized carbons (Fsp3) is 0.250. The molecule has 10 heteroatoms. The van der Waals surface area contributed by atoms with Crippen LogP contribution in [0.2, 0.25) is 0 Å². The second-order valence-electron chi connectivity index (χ2n) is 6.97. The number of nitrogens with one attached hydrogen (secondary N) is 3. The molecule has 0 bridgehead atoms. The van der Waals surface area contributed by atoms with Crippen LogP contribution in [-0.2, 0) is 0 Å². The number of fused-ring (bicyclic) bond motifs is 1. The predicted molar refractivity (Wildman–Crippen MR) is 108 cm³/mol. The summed E-state index contributed by atoms with van der Waals surface area (Å²) in [6.45, 7) is -1.18. The number of anilines is 2. The number of hydrogen-bond acceptors (Lipinski definition) is 7. The Kier molecular flexibility index (Phi) is 5.30. The molecule has 0 unspecified atom stereocenters. The number of nitrogens with zero attached hydrogens (tertiary/aromatic N) is 4. The summed E-state index contributed by atoms with van der Waals surface area (Å²) in [4.78, 5) is 8.80. The Bertz CT molecular complexity index is 1110. The molecular formula is C20H18F3N7. The van der Waals surface area contributed by atoms with Crippen molar-refractivity contribution in [2.75, 3.05) is 11.9 Å². The first kappa shape index (κ1) is 19.7. The zero-order chi connectivity index (χ0) is 21.1. The van der Waals surface area contributed by atoms with Crippen molar-refractivity contribution >= 4 is 34.5 Å². The maximum Gasteiger partial charge on any atom is 0.405 e. The molecular weight excluding hydrogens is 395 g/mol. The highest BCUT2D eigenvalue weighted by atomic mass is 19.4. The minimum Gasteiger partial charge on any atom is -0.382 e. The van der Waals surface area contributed by atoms with E-state index < -0.39 is 12.7 Å². The molecule has 3 aromatic heterocycles. The molecule has 0 aromatic carbocycles. The van der Waals surface area contributed by atoms with E-state index in [1.165, 1.54) is 6.20 Å². The Morgan fingerprint density at radius 3 is 2.70 bits per heavy atom. The van der Waals surface area contributed by atoms with Crippen LogP contribution in [0.5, 0.6) is 0 Å². The molecule has 3 N–H and O–H groups in total. The van der Waals surface area contributed by atoms with Crippen LogP contribution in [0.15, 0.2) is 42.9 Å². The summed E-state index contributed by atoms with van der Waals surface area (Å²) in [5, 5.41) is 20.9. The highest BCUT2D eigenvalue weighted by Crippen LogP contribution is 2.40. The van der Waals surface area contributed by atoms with Crippen molar-refractivity contribution < 1.29 is 13.2 Å². The lowest BCUT2D eigenvalue weighted by atomic mass is 10.1. The average Bonchev–Trinajstić information content (AvgIpc) is 3.56. The normalized spacial score (nSPS) is 14.6. The van der Waals surface area contributed by atoms with Gasteiger partial charge in [-0.25, -0.2) is 4.98 Å². The quantitative estimate of drug-likeness (QED) is 0.503. The molecule has 0 atom stereocenters. The first-order valence-electron chi connectivity index (χ1n) is 9.29. The van der Waals surface area contributed by atoms with Gasteiger partial charge >= 0.3 is 6.18 Å². The van der Waals surface area contributed by atoms with Crippen molar-refractivity contribution in [1.29, 1.82) is 5.41 Å². The van der Waals surface area contributed by atoms with Crippen molar-refractivity contribution in [1.82, 2.24) is 25.5 Å². The lowest BCUT2D eigenvalue weighted by Crippen LogP contribution is -2.25. The number of allylic oxidation sites excluding steroid dienone is 1. The average molecular weight is 413 g/mol. The molecule has 30 heavy (non-hydrogen) atoms. The summed E-state index contributed by atoms with van der Waals surface area (Å²) >= 11 is 0. The van der Waals surface area contributed by atoms with Gasteiger partial charge in [0.25, 0.3) is 0 Å². The Morgan fingerprint density at radius 1 is 1.13 bits per heavy atom. The molecule has 1 aliphatic carbocycles. The maximum atomic E-state index is 12.3. The highest BCUT2D eigenvalue weighted by molar-refractivity contribution is 6.08. The Labute approximate surface area is 170 Å². The molecule has 0 saturated heterocycles. The third-order valence-electron chi connectivity index (χ3n) is 4.57. The van der Waals surface area contributed by atoms with E-state index in [1.807, 2.05) is 6.07 Å². The van der Waals surface area contributed by atoms with Gasteiger partial charge in [-0.3, -0.25) is 4.98 Å². The third-order valence-corrected chi connectivity index (χ3v) is 4.57. The monoisotopic (exact) mass is 413 g/mol. The molecule has 1 aliphatic rings. The van der Waals surface area contributed by atoms with Crippen LogP contribution in [0.25, 0.3) is 16.6 Å². The van der Waals surface area contributed by atoms with E-state index in [0.29, 0.717) is 34.2 Å². The Hall–Kier alpha value is -3.56. The molecule has 0 radical (unpaired) electrons. The van der Waals surface area contributed by atoms with Gasteiger partial charge < -0.3 is 16.0 Å². The van der Waals surface area contributed by atoms with E-state index in [4.69, 9.17) is 5.41 Å². The predicted octanol–water partition coefficient (Wildman–Crippen LogP) is 4.18. The van der Waals surface area contributed by atoms with Gasteiger partial charge in [-0.2, -0.15) is 18.3 Å². The van der Waals surface area contributed by atoms with E-state index in [2.05, 4.69) is 30.8 Å². The van der Waals surface area contributed by atoms with Crippen LogP contribution in [0, 0.1) is 5.41 Å². The largest absolute Gasteiger partial charge is 0.405 e. The standard InChI is InChI=1S/C20H18F3N7/c21-20(22,23)11-25-8-15(7-24)13-5-17-16(26-9-13)3-4-18(28-17)29-19-6-14(10-27-30-19)12-1-2-12/h3-10,12,24-25H,1-2,11H2,(H,28,29,30)/b15-8+,24-7?. The van der Waals surface area contributed by atoms with Gasteiger partial charge in [-0.05, 0) is 48.6 Å². The van der Waals surface area contributed by atoms with Crippen LogP contribution >= 0.6 is 0 Å². The molecule has 154 valence electrons. The van der Waals surface area contributed by atoms with Crippen LogP contribution in [0.3, 0.4) is 0 Å². The first-order chi connectivity index (χ1) is 14.4. The molecule has 0 spiro atoms. The van der Waals surface area contributed by atoms with Crippen LogP contribution < -0.4 is 10.6 Å². The van der Waals surface area contributed by atoms with Crippen molar-refractivity contribution in [3.05, 3.63) is 54.0 Å². The number of hydrogen-bond donors (Lipinski definition) is 3. The van der Waals surface area contributed by atoms with Gasteiger partial charge in [0.2, 0.25) is 0 Å². The van der Waals surface area contributed by atoms with Crippen molar-refractivity contribution in [2.24, 2.45) is 0 Å². The number of rotatable bonds is 7. The molecule has 1 fully saturated rings. The van der Waals surface area contributed by atoms with E-state index in [-0.39, 0.29) is 5.57 Å². The second kappa shape index (κ2) is 8.05. The van der Waals surface area contributed by atoms with Gasteiger partial charge in [-0.15, -0.1) is 5.10 Å². The SMILES string of the molecule is N=C/C(=C\NCC(F)(F)F)c1cnc2ccc(Nc3cc(C4CC4)cnn3)nc2c1. The summed E-state index contributed by atoms with van der Waals surface area (Å²) in [6.07, 6.45) is 3.35. The minimum atomic E-state index is -4.34. The summed E-state index contributed by atoms with van der Waals surface area (Å²) in [5.41, 5.74) is 3.04. The van der Waals surface area contributed by atoms with Gasteiger partial charge in [0, 0.05) is 29.7 Å². The minimum absolute atomic E-state index is 0.261. The second-order valence-corrected chi connectivity index (χ2v) is 6.97. The smallest absolute Gasteiger partial charge is 0.382 e. The molecule has 4 rings (SSSR count). The van der Waals surface area contributed by atoms with Crippen LogP contribution in [-0.4, -0.2) is 39.1 Å². The fourth-order valence-electron chi connectivity index (χ4n) is 2.93. The molecule has 7 nitrogen and oxygen atoms in total. The van der Waals surface area contributed by atoms with Crippen molar-refractivity contribution in [3.63, 3.8) is 0 Å². The molecule has 0 amide bonds. The van der Waals surface area contributed by atoms with E-state index in [9.17, 15) is 13.2 Å². The van der Waals surface area contributed by atoms with Crippen molar-refractivity contribution in [2.45, 2.75) is 24.9 Å². The first-order valence-corrected chi connectivity index (χ1v) is 9.29. The zero-order valence-electron chi connectivity index (χ0n) is 15.7. The lowest BCUT2D eigenvalue weighted by molar-refractivity contribution is -0.122. The van der Waals surface area contributed by atoms with Gasteiger partial charge in [0.15, 0.2) is 5.82 Å².